The Balaban J connectivity index is 0.00000169. The summed E-state index contributed by atoms with van der Waals surface area (Å²) in [7, 11) is 1.67. The van der Waals surface area contributed by atoms with Gasteiger partial charge in [0.2, 0.25) is 0 Å². The van der Waals surface area contributed by atoms with E-state index in [1.54, 1.807) is 7.11 Å². The normalized spacial score (nSPS) is 9.00. The molecule has 1 aromatic rings. The SMILES string of the molecule is COc1ccccc1NCCCN.Cl. The zero-order chi connectivity index (χ0) is 9.52. The maximum Gasteiger partial charge on any atom is 0.141 e. The number of benzene rings is 1. The average Bonchev–Trinajstić information content (AvgIpc) is 2.19. The summed E-state index contributed by atoms with van der Waals surface area (Å²) in [5.41, 5.74) is 6.42. The lowest BCUT2D eigenvalue weighted by Crippen LogP contribution is -2.08. The van der Waals surface area contributed by atoms with Crippen molar-refractivity contribution in [1.82, 2.24) is 0 Å². The Hall–Kier alpha value is -0.930. The number of anilines is 1. The number of para-hydroxylation sites is 2. The molecule has 0 radical (unpaired) electrons. The van der Waals surface area contributed by atoms with Crippen LogP contribution < -0.4 is 15.8 Å². The van der Waals surface area contributed by atoms with Crippen LogP contribution in [0.15, 0.2) is 24.3 Å². The topological polar surface area (TPSA) is 47.3 Å². The van der Waals surface area contributed by atoms with Crippen LogP contribution >= 0.6 is 12.4 Å². The zero-order valence-electron chi connectivity index (χ0n) is 8.32. The molecule has 0 spiro atoms. The van der Waals surface area contributed by atoms with Crippen molar-refractivity contribution >= 4 is 18.1 Å². The molecule has 0 bridgehead atoms. The molecule has 0 unspecified atom stereocenters. The minimum Gasteiger partial charge on any atom is -0.495 e. The quantitative estimate of drug-likeness (QED) is 0.739. The summed E-state index contributed by atoms with van der Waals surface area (Å²) in [5, 5.41) is 3.26. The van der Waals surface area contributed by atoms with Crippen molar-refractivity contribution in [2.75, 3.05) is 25.5 Å². The Labute approximate surface area is 91.0 Å². The number of rotatable bonds is 5. The summed E-state index contributed by atoms with van der Waals surface area (Å²) in [6, 6.07) is 7.86. The Kier molecular flexibility index (Phi) is 6.98. The first-order valence-corrected chi connectivity index (χ1v) is 4.45. The first-order chi connectivity index (χ1) is 6.38. The number of nitrogens with two attached hydrogens (primary N) is 1. The lowest BCUT2D eigenvalue weighted by atomic mass is 10.3. The molecule has 0 amide bonds. The van der Waals surface area contributed by atoms with E-state index >= 15 is 0 Å². The zero-order valence-corrected chi connectivity index (χ0v) is 9.14. The minimum absolute atomic E-state index is 0. The van der Waals surface area contributed by atoms with Crippen molar-refractivity contribution < 1.29 is 4.74 Å². The molecule has 3 N–H and O–H groups in total. The van der Waals surface area contributed by atoms with Crippen molar-refractivity contribution in [3.8, 4) is 5.75 Å². The lowest BCUT2D eigenvalue weighted by Gasteiger charge is -2.09. The number of ether oxygens (including phenoxy) is 1. The summed E-state index contributed by atoms with van der Waals surface area (Å²) in [6.07, 6.45) is 0.970. The summed E-state index contributed by atoms with van der Waals surface area (Å²) in [4.78, 5) is 0. The van der Waals surface area contributed by atoms with Gasteiger partial charge in [0.25, 0.3) is 0 Å². The fourth-order valence-electron chi connectivity index (χ4n) is 1.12. The maximum atomic E-state index is 5.39. The molecule has 80 valence electrons. The molecule has 0 heterocycles. The van der Waals surface area contributed by atoms with Crippen molar-refractivity contribution in [1.29, 1.82) is 0 Å². The van der Waals surface area contributed by atoms with Crippen molar-refractivity contribution in [2.24, 2.45) is 5.73 Å². The molecule has 0 aliphatic heterocycles. The van der Waals surface area contributed by atoms with Gasteiger partial charge in [-0.1, -0.05) is 12.1 Å². The van der Waals surface area contributed by atoms with Crippen LogP contribution in [0.5, 0.6) is 5.75 Å². The molecule has 1 aromatic carbocycles. The van der Waals surface area contributed by atoms with Gasteiger partial charge in [0.15, 0.2) is 0 Å². The smallest absolute Gasteiger partial charge is 0.141 e. The van der Waals surface area contributed by atoms with E-state index in [-0.39, 0.29) is 12.4 Å². The molecule has 3 nitrogen and oxygen atoms in total. The lowest BCUT2D eigenvalue weighted by molar-refractivity contribution is 0.416. The first-order valence-electron chi connectivity index (χ1n) is 4.45. The molecule has 4 heteroatoms. The van der Waals surface area contributed by atoms with E-state index in [9.17, 15) is 0 Å². The third-order valence-corrected chi connectivity index (χ3v) is 1.80. The van der Waals surface area contributed by atoms with Gasteiger partial charge in [-0.15, -0.1) is 12.4 Å². The number of methoxy groups -OCH3 is 1. The molecule has 0 aromatic heterocycles. The highest BCUT2D eigenvalue weighted by atomic mass is 35.5. The monoisotopic (exact) mass is 216 g/mol. The van der Waals surface area contributed by atoms with Crippen molar-refractivity contribution in [2.45, 2.75) is 6.42 Å². The van der Waals surface area contributed by atoms with Gasteiger partial charge in [0.05, 0.1) is 12.8 Å². The number of nitrogens with one attached hydrogen (secondary N) is 1. The fourth-order valence-corrected chi connectivity index (χ4v) is 1.12. The second kappa shape index (κ2) is 7.47. The Morgan fingerprint density at radius 2 is 2.07 bits per heavy atom. The van der Waals surface area contributed by atoms with Gasteiger partial charge in [-0.3, -0.25) is 0 Å². The van der Waals surface area contributed by atoms with Crippen LogP contribution in [-0.4, -0.2) is 20.2 Å². The second-order valence-electron chi connectivity index (χ2n) is 2.77. The molecule has 14 heavy (non-hydrogen) atoms. The van der Waals surface area contributed by atoms with Gasteiger partial charge in [0.1, 0.15) is 5.75 Å². The Morgan fingerprint density at radius 1 is 1.36 bits per heavy atom. The highest BCUT2D eigenvalue weighted by Crippen LogP contribution is 2.22. The van der Waals surface area contributed by atoms with Gasteiger partial charge >= 0.3 is 0 Å². The molecule has 0 atom stereocenters. The van der Waals surface area contributed by atoms with Gasteiger partial charge in [-0.05, 0) is 25.1 Å². The molecular formula is C10H17ClN2O. The van der Waals surface area contributed by atoms with E-state index in [4.69, 9.17) is 10.5 Å². The predicted molar refractivity (Wildman–Crippen MR) is 62.4 cm³/mol. The number of halogens is 1. The molecule has 0 saturated heterocycles. The summed E-state index contributed by atoms with van der Waals surface area (Å²) in [5.74, 6) is 0.875. The second-order valence-corrected chi connectivity index (χ2v) is 2.77. The van der Waals surface area contributed by atoms with Gasteiger partial charge in [0, 0.05) is 6.54 Å². The average molecular weight is 217 g/mol. The first kappa shape index (κ1) is 13.1. The van der Waals surface area contributed by atoms with Crippen LogP contribution in [0.25, 0.3) is 0 Å². The largest absolute Gasteiger partial charge is 0.495 e. The van der Waals surface area contributed by atoms with Gasteiger partial charge in [-0.25, -0.2) is 0 Å². The van der Waals surface area contributed by atoms with Crippen molar-refractivity contribution in [3.63, 3.8) is 0 Å². The van der Waals surface area contributed by atoms with Crippen LogP contribution in [0.3, 0.4) is 0 Å². The van der Waals surface area contributed by atoms with E-state index in [0.717, 1.165) is 24.4 Å². The third kappa shape index (κ3) is 3.85. The minimum atomic E-state index is 0. The molecule has 0 aliphatic carbocycles. The summed E-state index contributed by atoms with van der Waals surface area (Å²) < 4.78 is 5.18. The van der Waals surface area contributed by atoms with E-state index in [1.807, 2.05) is 24.3 Å². The number of hydrogen-bond acceptors (Lipinski definition) is 3. The van der Waals surface area contributed by atoms with Gasteiger partial charge < -0.3 is 15.8 Å². The molecule has 0 aliphatic rings. The van der Waals surface area contributed by atoms with Crippen LogP contribution in [0.4, 0.5) is 5.69 Å². The number of hydrogen-bond donors (Lipinski definition) is 2. The van der Waals surface area contributed by atoms with Crippen LogP contribution in [0, 0.1) is 0 Å². The Bertz CT molecular complexity index is 256. The van der Waals surface area contributed by atoms with E-state index in [0.29, 0.717) is 6.54 Å². The van der Waals surface area contributed by atoms with E-state index in [1.165, 1.54) is 0 Å². The fraction of sp³-hybridized carbons (Fsp3) is 0.400. The highest BCUT2D eigenvalue weighted by Gasteiger charge is 1.98. The van der Waals surface area contributed by atoms with E-state index < -0.39 is 0 Å². The van der Waals surface area contributed by atoms with E-state index in [2.05, 4.69) is 5.32 Å². The molecular weight excluding hydrogens is 200 g/mol. The standard InChI is InChI=1S/C10H16N2O.ClH/c1-13-10-6-3-2-5-9(10)12-8-4-7-11;/h2-3,5-6,12H,4,7-8,11H2,1H3;1H. The van der Waals surface area contributed by atoms with Gasteiger partial charge in [-0.2, -0.15) is 0 Å². The van der Waals surface area contributed by atoms with Crippen LogP contribution in [0.1, 0.15) is 6.42 Å². The Morgan fingerprint density at radius 3 is 2.71 bits per heavy atom. The predicted octanol–water partition coefficient (Wildman–Crippen LogP) is 1.88. The van der Waals surface area contributed by atoms with Crippen LogP contribution in [-0.2, 0) is 0 Å². The third-order valence-electron chi connectivity index (χ3n) is 1.80. The van der Waals surface area contributed by atoms with Crippen LogP contribution in [0.2, 0.25) is 0 Å². The molecule has 0 fully saturated rings. The highest BCUT2D eigenvalue weighted by molar-refractivity contribution is 5.85. The van der Waals surface area contributed by atoms with Crippen molar-refractivity contribution in [3.05, 3.63) is 24.3 Å². The molecule has 1 rings (SSSR count). The summed E-state index contributed by atoms with van der Waals surface area (Å²) in [6.45, 7) is 1.60. The molecule has 0 saturated carbocycles. The summed E-state index contributed by atoms with van der Waals surface area (Å²) >= 11 is 0. The maximum absolute atomic E-state index is 5.39.